The summed E-state index contributed by atoms with van der Waals surface area (Å²) in [6.45, 7) is 4.58. The number of benzene rings is 1. The third kappa shape index (κ3) is 6.66. The Hall–Kier alpha value is -0.810. The number of halogens is 2. The summed E-state index contributed by atoms with van der Waals surface area (Å²) >= 11 is 11.8. The van der Waals surface area contributed by atoms with Crippen LogP contribution >= 0.6 is 23.2 Å². The topological polar surface area (TPSA) is 43.8 Å². The minimum atomic E-state index is -0.822. The van der Waals surface area contributed by atoms with E-state index in [0.29, 0.717) is 23.1 Å². The molecule has 0 atom stereocenters. The van der Waals surface area contributed by atoms with Crippen LogP contribution in [0.15, 0.2) is 18.2 Å². The minimum absolute atomic E-state index is 0.0205. The largest absolute Gasteiger partial charge is 0.389 e. The maximum atomic E-state index is 12.1. The summed E-state index contributed by atoms with van der Waals surface area (Å²) in [7, 11) is 3.55. The van der Waals surface area contributed by atoms with Crippen LogP contribution in [0.25, 0.3) is 0 Å². The first-order valence-corrected chi connectivity index (χ1v) is 7.43. The Morgan fingerprint density at radius 2 is 1.86 bits per heavy atom. The zero-order chi connectivity index (χ0) is 16.2. The number of carbonyl (C=O) groups excluding carboxylic acids is 1. The van der Waals surface area contributed by atoms with Crippen molar-refractivity contribution < 1.29 is 9.90 Å². The van der Waals surface area contributed by atoms with Gasteiger partial charge in [-0.15, -0.1) is 0 Å². The van der Waals surface area contributed by atoms with Gasteiger partial charge in [0.25, 0.3) is 0 Å². The molecule has 118 valence electrons. The van der Waals surface area contributed by atoms with E-state index < -0.39 is 5.60 Å². The van der Waals surface area contributed by atoms with Gasteiger partial charge in [-0.05, 0) is 38.6 Å². The molecule has 1 rings (SSSR count). The standard InChI is InChI=1S/C15H22Cl2N2O2/c1-15(2,21)10-18(3)9-14(20)19(4)8-11-5-6-12(16)13(17)7-11/h5-7,21H,8-10H2,1-4H3. The van der Waals surface area contributed by atoms with Crippen LogP contribution in [-0.2, 0) is 11.3 Å². The van der Waals surface area contributed by atoms with Crippen LogP contribution < -0.4 is 0 Å². The van der Waals surface area contributed by atoms with Gasteiger partial charge in [0.15, 0.2) is 0 Å². The monoisotopic (exact) mass is 332 g/mol. The van der Waals surface area contributed by atoms with Crippen LogP contribution in [0, 0.1) is 0 Å². The summed E-state index contributed by atoms with van der Waals surface area (Å²) in [6, 6.07) is 5.32. The van der Waals surface area contributed by atoms with Crippen LogP contribution in [0.4, 0.5) is 0 Å². The zero-order valence-electron chi connectivity index (χ0n) is 12.9. The Kier molecular flexibility index (Phi) is 6.47. The lowest BCUT2D eigenvalue weighted by molar-refractivity contribution is -0.131. The van der Waals surface area contributed by atoms with E-state index in [0.717, 1.165) is 5.56 Å². The molecule has 0 aliphatic carbocycles. The van der Waals surface area contributed by atoms with E-state index in [1.54, 1.807) is 42.8 Å². The van der Waals surface area contributed by atoms with E-state index in [4.69, 9.17) is 23.2 Å². The predicted molar refractivity (Wildman–Crippen MR) is 86.7 cm³/mol. The van der Waals surface area contributed by atoms with E-state index in [1.165, 1.54) is 0 Å². The Morgan fingerprint density at radius 1 is 1.24 bits per heavy atom. The molecule has 0 aliphatic rings. The molecule has 6 heteroatoms. The van der Waals surface area contributed by atoms with Crippen molar-refractivity contribution in [2.75, 3.05) is 27.2 Å². The lowest BCUT2D eigenvalue weighted by atomic mass is 10.1. The summed E-state index contributed by atoms with van der Waals surface area (Å²) in [6.07, 6.45) is 0. The molecule has 0 bridgehead atoms. The van der Waals surface area contributed by atoms with E-state index in [2.05, 4.69) is 0 Å². The Balaban J connectivity index is 2.56. The molecule has 0 unspecified atom stereocenters. The molecule has 1 aromatic carbocycles. The number of rotatable bonds is 6. The predicted octanol–water partition coefficient (Wildman–Crippen LogP) is 2.65. The van der Waals surface area contributed by atoms with Crippen molar-refractivity contribution in [2.24, 2.45) is 0 Å². The smallest absolute Gasteiger partial charge is 0.236 e. The van der Waals surface area contributed by atoms with Crippen molar-refractivity contribution in [3.05, 3.63) is 33.8 Å². The molecule has 1 N–H and O–H groups in total. The van der Waals surface area contributed by atoms with Gasteiger partial charge in [0.1, 0.15) is 0 Å². The number of aliphatic hydroxyl groups is 1. The molecule has 0 spiro atoms. The van der Waals surface area contributed by atoms with Gasteiger partial charge < -0.3 is 10.0 Å². The molecule has 0 fully saturated rings. The van der Waals surface area contributed by atoms with E-state index in [1.807, 2.05) is 13.1 Å². The number of amides is 1. The van der Waals surface area contributed by atoms with Gasteiger partial charge in [0.2, 0.25) is 5.91 Å². The number of nitrogens with zero attached hydrogens (tertiary/aromatic N) is 2. The Bertz CT molecular complexity index is 501. The van der Waals surface area contributed by atoms with Crippen molar-refractivity contribution in [1.82, 2.24) is 9.80 Å². The quantitative estimate of drug-likeness (QED) is 0.870. The highest BCUT2D eigenvalue weighted by atomic mass is 35.5. The first kappa shape index (κ1) is 18.2. The maximum Gasteiger partial charge on any atom is 0.236 e. The number of likely N-dealkylation sites (N-methyl/N-ethyl adjacent to an activating group) is 2. The zero-order valence-corrected chi connectivity index (χ0v) is 14.4. The minimum Gasteiger partial charge on any atom is -0.389 e. The first-order valence-electron chi connectivity index (χ1n) is 6.67. The number of hydrogen-bond acceptors (Lipinski definition) is 3. The van der Waals surface area contributed by atoms with Crippen LogP contribution in [0.5, 0.6) is 0 Å². The van der Waals surface area contributed by atoms with E-state index in [-0.39, 0.29) is 12.5 Å². The Labute approximate surface area is 136 Å². The van der Waals surface area contributed by atoms with Crippen LogP contribution in [0.2, 0.25) is 10.0 Å². The third-order valence-electron chi connectivity index (χ3n) is 2.89. The van der Waals surface area contributed by atoms with Gasteiger partial charge >= 0.3 is 0 Å². The van der Waals surface area contributed by atoms with Gasteiger partial charge in [-0.1, -0.05) is 29.3 Å². The van der Waals surface area contributed by atoms with Crippen molar-refractivity contribution >= 4 is 29.1 Å². The molecule has 4 nitrogen and oxygen atoms in total. The lowest BCUT2D eigenvalue weighted by Crippen LogP contribution is -2.42. The summed E-state index contributed by atoms with van der Waals surface area (Å²) < 4.78 is 0. The Morgan fingerprint density at radius 3 is 2.38 bits per heavy atom. The van der Waals surface area contributed by atoms with Crippen LogP contribution in [0.3, 0.4) is 0 Å². The fraction of sp³-hybridized carbons (Fsp3) is 0.533. The number of hydrogen-bond donors (Lipinski definition) is 1. The van der Waals surface area contributed by atoms with Crippen molar-refractivity contribution in [3.8, 4) is 0 Å². The molecule has 0 saturated heterocycles. The van der Waals surface area contributed by atoms with E-state index in [9.17, 15) is 9.90 Å². The van der Waals surface area contributed by atoms with Crippen molar-refractivity contribution in [2.45, 2.75) is 26.0 Å². The fourth-order valence-electron chi connectivity index (χ4n) is 2.07. The van der Waals surface area contributed by atoms with Crippen molar-refractivity contribution in [1.29, 1.82) is 0 Å². The van der Waals surface area contributed by atoms with Gasteiger partial charge in [0, 0.05) is 20.1 Å². The van der Waals surface area contributed by atoms with Crippen LogP contribution in [0.1, 0.15) is 19.4 Å². The van der Waals surface area contributed by atoms with Crippen LogP contribution in [-0.4, -0.2) is 53.6 Å². The maximum absolute atomic E-state index is 12.1. The molecule has 1 amide bonds. The molecular formula is C15H22Cl2N2O2. The van der Waals surface area contributed by atoms with E-state index >= 15 is 0 Å². The summed E-state index contributed by atoms with van der Waals surface area (Å²) in [5.41, 5.74) is 0.0995. The summed E-state index contributed by atoms with van der Waals surface area (Å²) in [5, 5.41) is 10.7. The number of carbonyl (C=O) groups is 1. The highest BCUT2D eigenvalue weighted by molar-refractivity contribution is 6.42. The molecule has 0 aromatic heterocycles. The first-order chi connectivity index (χ1) is 9.58. The molecule has 0 saturated carbocycles. The summed E-state index contributed by atoms with van der Waals surface area (Å²) in [4.78, 5) is 15.6. The molecule has 0 heterocycles. The second kappa shape index (κ2) is 7.45. The molecule has 0 radical (unpaired) electrons. The third-order valence-corrected chi connectivity index (χ3v) is 3.63. The highest BCUT2D eigenvalue weighted by Gasteiger charge is 2.19. The highest BCUT2D eigenvalue weighted by Crippen LogP contribution is 2.23. The summed E-state index contributed by atoms with van der Waals surface area (Å²) in [5.74, 6) is -0.0205. The SMILES string of the molecule is CN(CC(=O)N(C)Cc1ccc(Cl)c(Cl)c1)CC(C)(C)O. The van der Waals surface area contributed by atoms with Gasteiger partial charge in [-0.2, -0.15) is 0 Å². The van der Waals surface area contributed by atoms with Gasteiger partial charge in [-0.25, -0.2) is 0 Å². The molecule has 0 aliphatic heterocycles. The lowest BCUT2D eigenvalue weighted by Gasteiger charge is -2.27. The second-order valence-electron chi connectivity index (χ2n) is 5.98. The average molecular weight is 333 g/mol. The molecule has 21 heavy (non-hydrogen) atoms. The molecular weight excluding hydrogens is 311 g/mol. The van der Waals surface area contributed by atoms with Crippen molar-refractivity contribution in [3.63, 3.8) is 0 Å². The second-order valence-corrected chi connectivity index (χ2v) is 6.80. The molecule has 1 aromatic rings. The van der Waals surface area contributed by atoms with Gasteiger partial charge in [-0.3, -0.25) is 9.69 Å². The normalized spacial score (nSPS) is 11.8. The fourth-order valence-corrected chi connectivity index (χ4v) is 2.39. The average Bonchev–Trinajstić information content (AvgIpc) is 2.31. The van der Waals surface area contributed by atoms with Gasteiger partial charge in [0.05, 0.1) is 22.2 Å².